The minimum absolute atomic E-state index is 0.0251. The van der Waals surface area contributed by atoms with Gasteiger partial charge in [-0.3, -0.25) is 0 Å². The van der Waals surface area contributed by atoms with Crippen molar-refractivity contribution in [3.05, 3.63) is 34.3 Å². The first-order valence-corrected chi connectivity index (χ1v) is 7.74. The van der Waals surface area contributed by atoms with E-state index < -0.39 is 0 Å². The molecular formula is C15H22BrNO2. The zero-order chi connectivity index (χ0) is 13.7. The number of halogens is 1. The summed E-state index contributed by atoms with van der Waals surface area (Å²) >= 11 is 3.51. The van der Waals surface area contributed by atoms with Crippen LogP contribution in [0.4, 0.5) is 0 Å². The first kappa shape index (κ1) is 15.0. The van der Waals surface area contributed by atoms with Crippen molar-refractivity contribution in [2.75, 3.05) is 13.2 Å². The molecule has 2 N–H and O–H groups in total. The maximum atomic E-state index is 6.26. The minimum Gasteiger partial charge on any atom is -0.381 e. The van der Waals surface area contributed by atoms with Crippen molar-refractivity contribution in [2.24, 2.45) is 5.73 Å². The Morgan fingerprint density at radius 2 is 2.16 bits per heavy atom. The summed E-state index contributed by atoms with van der Waals surface area (Å²) in [6.45, 7) is 3.68. The van der Waals surface area contributed by atoms with Gasteiger partial charge in [-0.2, -0.15) is 0 Å². The van der Waals surface area contributed by atoms with Crippen molar-refractivity contribution in [2.45, 2.75) is 44.4 Å². The smallest absolute Gasteiger partial charge is 0.0979 e. The van der Waals surface area contributed by atoms with Crippen LogP contribution in [0.25, 0.3) is 0 Å². The van der Waals surface area contributed by atoms with E-state index in [1.807, 2.05) is 12.1 Å². The summed E-state index contributed by atoms with van der Waals surface area (Å²) in [5.41, 5.74) is 7.39. The largest absolute Gasteiger partial charge is 0.381 e. The fourth-order valence-corrected chi connectivity index (χ4v) is 2.76. The maximum absolute atomic E-state index is 6.26. The highest BCUT2D eigenvalue weighted by molar-refractivity contribution is 9.10. The van der Waals surface area contributed by atoms with Crippen molar-refractivity contribution in [1.82, 2.24) is 0 Å². The minimum atomic E-state index is -0.0365. The third-order valence-corrected chi connectivity index (χ3v) is 4.04. The molecular weight excluding hydrogens is 306 g/mol. The Bertz CT molecular complexity index is 393. The van der Waals surface area contributed by atoms with Gasteiger partial charge in [-0.1, -0.05) is 35.0 Å². The molecule has 1 fully saturated rings. The number of benzene rings is 1. The van der Waals surface area contributed by atoms with Crippen LogP contribution in [0.3, 0.4) is 0 Å². The number of hydrogen-bond acceptors (Lipinski definition) is 3. The monoisotopic (exact) mass is 327 g/mol. The van der Waals surface area contributed by atoms with E-state index in [0.29, 0.717) is 0 Å². The molecule has 106 valence electrons. The third-order valence-electron chi connectivity index (χ3n) is 3.54. The fraction of sp³-hybridized carbons (Fsp3) is 0.600. The Hall–Kier alpha value is -0.420. The zero-order valence-corrected chi connectivity index (χ0v) is 12.9. The Morgan fingerprint density at radius 1 is 1.42 bits per heavy atom. The van der Waals surface area contributed by atoms with Gasteiger partial charge in [-0.15, -0.1) is 0 Å². The van der Waals surface area contributed by atoms with E-state index in [1.165, 1.54) is 0 Å². The summed E-state index contributed by atoms with van der Waals surface area (Å²) < 4.78 is 12.7. The van der Waals surface area contributed by atoms with Gasteiger partial charge >= 0.3 is 0 Å². The lowest BCUT2D eigenvalue weighted by atomic mass is 10.00. The maximum Gasteiger partial charge on any atom is 0.0979 e. The van der Waals surface area contributed by atoms with Gasteiger partial charge in [0.15, 0.2) is 0 Å². The van der Waals surface area contributed by atoms with E-state index >= 15 is 0 Å². The number of nitrogens with two attached hydrogens (primary N) is 1. The summed E-state index contributed by atoms with van der Waals surface area (Å²) in [7, 11) is 0. The van der Waals surface area contributed by atoms with E-state index in [0.717, 1.165) is 42.5 Å². The molecule has 1 aromatic carbocycles. The van der Waals surface area contributed by atoms with Crippen LogP contribution in [0.5, 0.6) is 0 Å². The van der Waals surface area contributed by atoms with Crippen LogP contribution >= 0.6 is 15.9 Å². The normalized spacial score (nSPS) is 20.2. The molecule has 0 aliphatic carbocycles. The Labute approximate surface area is 123 Å². The predicted molar refractivity (Wildman–Crippen MR) is 80.1 cm³/mol. The van der Waals surface area contributed by atoms with Gasteiger partial charge in [0.25, 0.3) is 0 Å². The number of hydrogen-bond donors (Lipinski definition) is 1. The lowest BCUT2D eigenvalue weighted by molar-refractivity contribution is -0.0778. The van der Waals surface area contributed by atoms with Gasteiger partial charge in [0, 0.05) is 23.7 Å². The molecule has 1 aliphatic heterocycles. The van der Waals surface area contributed by atoms with E-state index in [2.05, 4.69) is 35.0 Å². The average Bonchev–Trinajstić information content (AvgIpc) is 2.45. The Morgan fingerprint density at radius 3 is 2.79 bits per heavy atom. The molecule has 3 nitrogen and oxygen atoms in total. The third kappa shape index (κ3) is 4.28. The molecule has 0 bridgehead atoms. The summed E-state index contributed by atoms with van der Waals surface area (Å²) in [6.07, 6.45) is 3.04. The van der Waals surface area contributed by atoms with Crippen LogP contribution in [-0.2, 0) is 9.47 Å². The second-order valence-electron chi connectivity index (χ2n) is 5.00. The zero-order valence-electron chi connectivity index (χ0n) is 11.3. The summed E-state index contributed by atoms with van der Waals surface area (Å²) in [5.74, 6) is 0. The number of rotatable bonds is 5. The molecule has 0 amide bonds. The SMILES string of the molecule is CCC(N)C(OC1CCOCC1)c1cccc(Br)c1. The molecule has 19 heavy (non-hydrogen) atoms. The van der Waals surface area contributed by atoms with Gasteiger partial charge in [0.2, 0.25) is 0 Å². The molecule has 4 heteroatoms. The van der Waals surface area contributed by atoms with Crippen molar-refractivity contribution >= 4 is 15.9 Å². The molecule has 1 aromatic rings. The number of ether oxygens (including phenoxy) is 2. The van der Waals surface area contributed by atoms with Crippen LogP contribution in [0.1, 0.15) is 37.9 Å². The summed E-state index contributed by atoms with van der Waals surface area (Å²) in [4.78, 5) is 0. The second-order valence-corrected chi connectivity index (χ2v) is 5.91. The van der Waals surface area contributed by atoms with Crippen molar-refractivity contribution in [3.63, 3.8) is 0 Å². The quantitative estimate of drug-likeness (QED) is 0.901. The van der Waals surface area contributed by atoms with Crippen molar-refractivity contribution in [3.8, 4) is 0 Å². The van der Waals surface area contributed by atoms with Gasteiger partial charge in [-0.05, 0) is 37.0 Å². The second kappa shape index (κ2) is 7.39. The van der Waals surface area contributed by atoms with Gasteiger partial charge in [0.05, 0.1) is 12.2 Å². The molecule has 0 spiro atoms. The van der Waals surface area contributed by atoms with Crippen molar-refractivity contribution in [1.29, 1.82) is 0 Å². The molecule has 1 saturated heterocycles. The topological polar surface area (TPSA) is 44.5 Å². The Kier molecular flexibility index (Phi) is 5.82. The average molecular weight is 328 g/mol. The molecule has 1 aliphatic rings. The van der Waals surface area contributed by atoms with E-state index in [-0.39, 0.29) is 18.2 Å². The van der Waals surface area contributed by atoms with Crippen LogP contribution in [0.15, 0.2) is 28.7 Å². The summed E-state index contributed by atoms with van der Waals surface area (Å²) in [6, 6.07) is 8.26. The first-order valence-electron chi connectivity index (χ1n) is 6.95. The van der Waals surface area contributed by atoms with Gasteiger partial charge in [0.1, 0.15) is 0 Å². The lowest BCUT2D eigenvalue weighted by Gasteiger charge is -2.31. The molecule has 2 atom stereocenters. The fourth-order valence-electron chi connectivity index (χ4n) is 2.34. The van der Waals surface area contributed by atoms with Crippen molar-refractivity contribution < 1.29 is 9.47 Å². The van der Waals surface area contributed by atoms with Crippen LogP contribution < -0.4 is 5.73 Å². The first-order chi connectivity index (χ1) is 9.20. The predicted octanol–water partition coefficient (Wildman–Crippen LogP) is 3.42. The van der Waals surface area contributed by atoms with Crippen LogP contribution in [0, 0.1) is 0 Å². The highest BCUT2D eigenvalue weighted by Gasteiger charge is 2.25. The lowest BCUT2D eigenvalue weighted by Crippen LogP contribution is -2.34. The summed E-state index contributed by atoms with van der Waals surface area (Å²) in [5, 5.41) is 0. The molecule has 0 aromatic heterocycles. The van der Waals surface area contributed by atoms with E-state index in [9.17, 15) is 0 Å². The molecule has 0 saturated carbocycles. The highest BCUT2D eigenvalue weighted by atomic mass is 79.9. The molecule has 2 unspecified atom stereocenters. The highest BCUT2D eigenvalue weighted by Crippen LogP contribution is 2.28. The molecule has 1 heterocycles. The van der Waals surface area contributed by atoms with Crippen LogP contribution in [0.2, 0.25) is 0 Å². The molecule has 2 rings (SSSR count). The van der Waals surface area contributed by atoms with E-state index in [1.54, 1.807) is 0 Å². The van der Waals surface area contributed by atoms with Crippen LogP contribution in [-0.4, -0.2) is 25.4 Å². The van der Waals surface area contributed by atoms with E-state index in [4.69, 9.17) is 15.2 Å². The molecule has 0 radical (unpaired) electrons. The standard InChI is InChI=1S/C15H22BrNO2/c1-2-14(17)15(11-4-3-5-12(16)10-11)19-13-6-8-18-9-7-13/h3-5,10,13-15H,2,6-9,17H2,1H3. The van der Waals surface area contributed by atoms with Gasteiger partial charge < -0.3 is 15.2 Å². The Balaban J connectivity index is 2.11. The van der Waals surface area contributed by atoms with Gasteiger partial charge in [-0.25, -0.2) is 0 Å².